The number of carbonyl (C=O) groups excluding carboxylic acids is 1. The number of ether oxygens (including phenoxy) is 1. The molecule has 116 valence electrons. The van der Waals surface area contributed by atoms with Crippen LogP contribution in [-0.2, 0) is 9.59 Å². The Bertz CT molecular complexity index is 642. The molecule has 1 N–H and O–H groups in total. The van der Waals surface area contributed by atoms with Crippen molar-refractivity contribution in [1.29, 1.82) is 0 Å². The van der Waals surface area contributed by atoms with E-state index in [2.05, 4.69) is 0 Å². The predicted molar refractivity (Wildman–Crippen MR) is 89.7 cm³/mol. The Morgan fingerprint density at radius 3 is 2.86 bits per heavy atom. The average Bonchev–Trinajstić information content (AvgIpc) is 2.74. The summed E-state index contributed by atoms with van der Waals surface area (Å²) in [6.07, 6.45) is 2.52. The molecular formula is C15H15NO4S2. The maximum absolute atomic E-state index is 12.3. The van der Waals surface area contributed by atoms with Gasteiger partial charge in [-0.25, -0.2) is 4.79 Å². The van der Waals surface area contributed by atoms with Crippen molar-refractivity contribution in [2.24, 2.45) is 0 Å². The number of aliphatic carboxylic acids is 1. The van der Waals surface area contributed by atoms with Gasteiger partial charge in [0.2, 0.25) is 0 Å². The summed E-state index contributed by atoms with van der Waals surface area (Å²) in [4.78, 5) is 25.0. The van der Waals surface area contributed by atoms with E-state index in [1.807, 2.05) is 6.92 Å². The zero-order chi connectivity index (χ0) is 16.1. The molecule has 1 saturated heterocycles. The molecule has 0 aliphatic carbocycles. The van der Waals surface area contributed by atoms with Crippen LogP contribution in [0, 0.1) is 0 Å². The zero-order valence-electron chi connectivity index (χ0n) is 11.9. The van der Waals surface area contributed by atoms with Crippen LogP contribution in [-0.4, -0.2) is 39.4 Å². The van der Waals surface area contributed by atoms with E-state index < -0.39 is 12.6 Å². The van der Waals surface area contributed by atoms with Gasteiger partial charge in [-0.15, -0.1) is 0 Å². The molecule has 0 radical (unpaired) electrons. The van der Waals surface area contributed by atoms with Crippen LogP contribution in [0.15, 0.2) is 29.2 Å². The number of para-hydroxylation sites is 1. The third-order valence-electron chi connectivity index (χ3n) is 2.88. The molecule has 1 amide bonds. The summed E-state index contributed by atoms with van der Waals surface area (Å²) >= 11 is 6.46. The van der Waals surface area contributed by atoms with E-state index in [9.17, 15) is 9.59 Å². The number of thiocarbonyl (C=S) groups is 1. The molecule has 0 atom stereocenters. The number of rotatable bonds is 6. The molecule has 1 fully saturated rings. The highest BCUT2D eigenvalue weighted by Gasteiger charge is 2.31. The number of hydrogen-bond acceptors (Lipinski definition) is 5. The van der Waals surface area contributed by atoms with Crippen molar-refractivity contribution in [3.8, 4) is 5.75 Å². The number of carbonyl (C=O) groups is 2. The van der Waals surface area contributed by atoms with Gasteiger partial charge in [0.25, 0.3) is 5.91 Å². The standard InChI is InChI=1S/C15H15NO4S2/c1-2-7-16-14(19)12(22-15(16)21)8-10-5-3-4-6-11(10)20-9-13(17)18/h3-6,8H,2,7,9H2,1H3,(H,17,18)/b12-8-. The van der Waals surface area contributed by atoms with E-state index in [1.54, 1.807) is 35.2 Å². The van der Waals surface area contributed by atoms with Gasteiger partial charge in [-0.2, -0.15) is 0 Å². The molecular weight excluding hydrogens is 322 g/mol. The van der Waals surface area contributed by atoms with Crippen LogP contribution in [0.4, 0.5) is 0 Å². The number of thioether (sulfide) groups is 1. The molecule has 0 saturated carbocycles. The second kappa shape index (κ2) is 7.42. The molecule has 1 heterocycles. The van der Waals surface area contributed by atoms with E-state index >= 15 is 0 Å². The van der Waals surface area contributed by atoms with E-state index in [0.717, 1.165) is 6.42 Å². The van der Waals surface area contributed by atoms with Crippen molar-refractivity contribution in [1.82, 2.24) is 4.90 Å². The highest BCUT2D eigenvalue weighted by atomic mass is 32.2. The lowest BCUT2D eigenvalue weighted by Crippen LogP contribution is -2.28. The summed E-state index contributed by atoms with van der Waals surface area (Å²) in [6, 6.07) is 6.98. The van der Waals surface area contributed by atoms with E-state index in [0.29, 0.717) is 27.1 Å². The van der Waals surface area contributed by atoms with E-state index in [1.165, 1.54) is 11.8 Å². The Morgan fingerprint density at radius 2 is 2.18 bits per heavy atom. The summed E-state index contributed by atoms with van der Waals surface area (Å²) in [5.74, 6) is -0.750. The molecule has 1 aliphatic rings. The lowest BCUT2D eigenvalue weighted by atomic mass is 10.2. The maximum Gasteiger partial charge on any atom is 0.341 e. The fourth-order valence-corrected chi connectivity index (χ4v) is 3.23. The van der Waals surface area contributed by atoms with Crippen LogP contribution in [0.25, 0.3) is 6.08 Å². The van der Waals surface area contributed by atoms with Crippen LogP contribution >= 0.6 is 24.0 Å². The number of hydrogen-bond donors (Lipinski definition) is 1. The monoisotopic (exact) mass is 337 g/mol. The van der Waals surface area contributed by atoms with Crippen molar-refractivity contribution < 1.29 is 19.4 Å². The van der Waals surface area contributed by atoms with Crippen LogP contribution in [0.3, 0.4) is 0 Å². The van der Waals surface area contributed by atoms with Gasteiger partial charge in [0.15, 0.2) is 6.61 Å². The largest absolute Gasteiger partial charge is 0.481 e. The predicted octanol–water partition coefficient (Wildman–Crippen LogP) is 2.76. The van der Waals surface area contributed by atoms with Crippen molar-refractivity contribution >= 4 is 46.3 Å². The number of carboxylic acids is 1. The number of benzene rings is 1. The van der Waals surface area contributed by atoms with Gasteiger partial charge in [0.05, 0.1) is 4.91 Å². The maximum atomic E-state index is 12.3. The quantitative estimate of drug-likeness (QED) is 0.636. The van der Waals surface area contributed by atoms with Crippen LogP contribution in [0.1, 0.15) is 18.9 Å². The molecule has 7 heteroatoms. The first-order chi connectivity index (χ1) is 10.5. The van der Waals surface area contributed by atoms with Gasteiger partial charge in [0.1, 0.15) is 10.1 Å². The lowest BCUT2D eigenvalue weighted by molar-refractivity contribution is -0.139. The minimum absolute atomic E-state index is 0.120. The fourth-order valence-electron chi connectivity index (χ4n) is 1.93. The molecule has 5 nitrogen and oxygen atoms in total. The molecule has 1 aromatic rings. The van der Waals surface area contributed by atoms with Crippen molar-refractivity contribution in [2.45, 2.75) is 13.3 Å². The first kappa shape index (κ1) is 16.5. The Labute approximate surface area is 137 Å². The van der Waals surface area contributed by atoms with Gasteiger partial charge >= 0.3 is 5.97 Å². The first-order valence-corrected chi connectivity index (χ1v) is 7.94. The highest BCUT2D eigenvalue weighted by Crippen LogP contribution is 2.34. The van der Waals surface area contributed by atoms with Crippen molar-refractivity contribution in [3.05, 3.63) is 34.7 Å². The number of amides is 1. The van der Waals surface area contributed by atoms with Gasteiger partial charge in [0, 0.05) is 12.1 Å². The van der Waals surface area contributed by atoms with Gasteiger partial charge in [-0.3, -0.25) is 9.69 Å². The fraction of sp³-hybridized carbons (Fsp3) is 0.267. The second-order valence-electron chi connectivity index (χ2n) is 4.55. The van der Waals surface area contributed by atoms with Crippen molar-refractivity contribution in [2.75, 3.05) is 13.2 Å². The first-order valence-electron chi connectivity index (χ1n) is 6.72. The van der Waals surface area contributed by atoms with Crippen LogP contribution < -0.4 is 4.74 Å². The molecule has 1 aliphatic heterocycles. The Hall–Kier alpha value is -1.86. The zero-order valence-corrected chi connectivity index (χ0v) is 13.6. The van der Waals surface area contributed by atoms with Crippen LogP contribution in [0.2, 0.25) is 0 Å². The highest BCUT2D eigenvalue weighted by molar-refractivity contribution is 8.26. The van der Waals surface area contributed by atoms with Gasteiger partial charge < -0.3 is 9.84 Å². The summed E-state index contributed by atoms with van der Waals surface area (Å²) in [6.45, 7) is 2.15. The van der Waals surface area contributed by atoms with Crippen LogP contribution in [0.5, 0.6) is 5.75 Å². The normalized spacial score (nSPS) is 16.4. The minimum atomic E-state index is -1.05. The molecule has 0 unspecified atom stereocenters. The van der Waals surface area contributed by atoms with Crippen molar-refractivity contribution in [3.63, 3.8) is 0 Å². The molecule has 2 rings (SSSR count). The van der Waals surface area contributed by atoms with Gasteiger partial charge in [-0.05, 0) is 18.6 Å². The van der Waals surface area contributed by atoms with E-state index in [4.69, 9.17) is 22.1 Å². The summed E-state index contributed by atoms with van der Waals surface area (Å²) in [5, 5.41) is 8.70. The molecule has 0 bridgehead atoms. The Balaban J connectivity index is 2.24. The number of carboxylic acid groups (broad SMARTS) is 1. The third-order valence-corrected chi connectivity index (χ3v) is 4.26. The summed E-state index contributed by atoms with van der Waals surface area (Å²) in [7, 11) is 0. The molecule has 22 heavy (non-hydrogen) atoms. The third kappa shape index (κ3) is 3.86. The van der Waals surface area contributed by atoms with E-state index in [-0.39, 0.29) is 5.91 Å². The SMILES string of the molecule is CCCN1C(=O)/C(=C/c2ccccc2OCC(=O)O)SC1=S. The molecule has 0 aromatic heterocycles. The number of nitrogens with zero attached hydrogens (tertiary/aromatic N) is 1. The summed E-state index contributed by atoms with van der Waals surface area (Å²) < 4.78 is 5.78. The second-order valence-corrected chi connectivity index (χ2v) is 6.23. The Morgan fingerprint density at radius 1 is 1.45 bits per heavy atom. The lowest BCUT2D eigenvalue weighted by Gasteiger charge is -2.12. The molecule has 1 aromatic carbocycles. The smallest absolute Gasteiger partial charge is 0.341 e. The molecule has 0 spiro atoms. The minimum Gasteiger partial charge on any atom is -0.481 e. The van der Waals surface area contributed by atoms with Gasteiger partial charge in [-0.1, -0.05) is 49.1 Å². The summed E-state index contributed by atoms with van der Waals surface area (Å²) in [5.41, 5.74) is 0.653. The topological polar surface area (TPSA) is 66.8 Å². The average molecular weight is 337 g/mol. The Kier molecular flexibility index (Phi) is 5.57.